The van der Waals surface area contributed by atoms with Crippen LogP contribution in [0.1, 0.15) is 0 Å². The average Bonchev–Trinajstić information content (AvgIpc) is 2.81. The predicted octanol–water partition coefficient (Wildman–Crippen LogP) is 5.17. The summed E-state index contributed by atoms with van der Waals surface area (Å²) in [6.45, 7) is 0. The molecule has 160 valence electrons. The molecule has 9 heteroatoms. The summed E-state index contributed by atoms with van der Waals surface area (Å²) in [5.41, 5.74) is 1.24. The number of amides is 2. The van der Waals surface area contributed by atoms with Crippen LogP contribution in [0.4, 0.5) is 17.1 Å². The van der Waals surface area contributed by atoms with E-state index in [1.54, 1.807) is 72.8 Å². The van der Waals surface area contributed by atoms with Gasteiger partial charge in [0, 0.05) is 0 Å². The molecular weight excluding hydrogens is 448 g/mol. The maximum Gasteiger partial charge on any atom is 0.270 e. The molecule has 1 atom stereocenters. The minimum absolute atomic E-state index is 0.0521. The molecule has 4 rings (SSSR count). The SMILES string of the molecule is COc1ccccc1N1C(=O)C(N=Nc2ccccc2)C(=O)N(c2ccccc2Cl)C1=S. The number of para-hydroxylation sites is 3. The van der Waals surface area contributed by atoms with Gasteiger partial charge in [0.2, 0.25) is 6.04 Å². The molecule has 1 aliphatic heterocycles. The van der Waals surface area contributed by atoms with Gasteiger partial charge in [-0.1, -0.05) is 54.1 Å². The van der Waals surface area contributed by atoms with E-state index in [1.165, 1.54) is 16.9 Å². The standard InChI is InChI=1S/C23H17ClN4O3S/c1-31-19-14-8-7-13-18(19)28-22(30)20(26-25-15-9-3-2-4-10-15)21(29)27(23(28)32)17-12-6-5-11-16(17)24/h2-14,20H,1H3. The summed E-state index contributed by atoms with van der Waals surface area (Å²) in [5, 5.41) is 8.44. The molecule has 1 saturated heterocycles. The van der Waals surface area contributed by atoms with E-state index < -0.39 is 17.9 Å². The fourth-order valence-corrected chi connectivity index (χ4v) is 3.84. The molecule has 0 bridgehead atoms. The van der Waals surface area contributed by atoms with Crippen LogP contribution in [-0.2, 0) is 9.59 Å². The van der Waals surface area contributed by atoms with Crippen molar-refractivity contribution in [3.8, 4) is 5.75 Å². The van der Waals surface area contributed by atoms with Gasteiger partial charge in [0.15, 0.2) is 5.11 Å². The normalized spacial score (nSPS) is 16.7. The fraction of sp³-hybridized carbons (Fsp3) is 0.0870. The van der Waals surface area contributed by atoms with E-state index in [0.717, 1.165) is 0 Å². The third-order valence-corrected chi connectivity index (χ3v) is 5.44. The highest BCUT2D eigenvalue weighted by Gasteiger charge is 2.46. The maximum absolute atomic E-state index is 13.4. The van der Waals surface area contributed by atoms with E-state index in [0.29, 0.717) is 27.8 Å². The van der Waals surface area contributed by atoms with Crippen molar-refractivity contribution < 1.29 is 14.3 Å². The largest absolute Gasteiger partial charge is 0.495 e. The van der Waals surface area contributed by atoms with Gasteiger partial charge in [0.1, 0.15) is 5.75 Å². The van der Waals surface area contributed by atoms with Crippen LogP contribution in [0, 0.1) is 0 Å². The highest BCUT2D eigenvalue weighted by molar-refractivity contribution is 7.81. The first-order valence-electron chi connectivity index (χ1n) is 9.58. The topological polar surface area (TPSA) is 74.6 Å². The first-order chi connectivity index (χ1) is 15.5. The van der Waals surface area contributed by atoms with Crippen molar-refractivity contribution in [2.24, 2.45) is 10.2 Å². The van der Waals surface area contributed by atoms with E-state index >= 15 is 0 Å². The number of azo groups is 1. The summed E-state index contributed by atoms with van der Waals surface area (Å²) in [6, 6.07) is 21.0. The Bertz CT molecular complexity index is 1220. The molecule has 1 heterocycles. The van der Waals surface area contributed by atoms with Crippen molar-refractivity contribution in [2.45, 2.75) is 6.04 Å². The number of benzene rings is 3. The summed E-state index contributed by atoms with van der Waals surface area (Å²) in [5.74, 6) is -0.859. The molecule has 0 N–H and O–H groups in total. The van der Waals surface area contributed by atoms with Crippen molar-refractivity contribution in [2.75, 3.05) is 16.9 Å². The number of halogens is 1. The third-order valence-electron chi connectivity index (χ3n) is 4.76. The van der Waals surface area contributed by atoms with Crippen LogP contribution in [0.25, 0.3) is 0 Å². The molecule has 7 nitrogen and oxygen atoms in total. The van der Waals surface area contributed by atoms with Crippen LogP contribution in [0.2, 0.25) is 5.02 Å². The molecule has 1 unspecified atom stereocenters. The molecule has 3 aromatic rings. The van der Waals surface area contributed by atoms with Gasteiger partial charge in [-0.15, -0.1) is 0 Å². The zero-order valence-corrected chi connectivity index (χ0v) is 18.5. The molecule has 0 radical (unpaired) electrons. The number of rotatable bonds is 5. The minimum atomic E-state index is -1.46. The van der Waals surface area contributed by atoms with Gasteiger partial charge >= 0.3 is 0 Å². The van der Waals surface area contributed by atoms with Crippen LogP contribution in [0.5, 0.6) is 5.75 Å². The summed E-state index contributed by atoms with van der Waals surface area (Å²) in [4.78, 5) is 29.3. The summed E-state index contributed by atoms with van der Waals surface area (Å²) in [6.07, 6.45) is 0. The molecule has 0 aliphatic carbocycles. The number of thiocarbonyl (C=S) groups is 1. The van der Waals surface area contributed by atoms with Crippen molar-refractivity contribution >= 4 is 57.8 Å². The lowest BCUT2D eigenvalue weighted by Gasteiger charge is -2.38. The maximum atomic E-state index is 13.4. The van der Waals surface area contributed by atoms with Gasteiger partial charge in [0.05, 0.1) is 29.2 Å². The van der Waals surface area contributed by atoms with Gasteiger partial charge < -0.3 is 4.74 Å². The summed E-state index contributed by atoms with van der Waals surface area (Å²) in [7, 11) is 1.49. The highest BCUT2D eigenvalue weighted by Crippen LogP contribution is 2.35. The molecule has 0 aromatic heterocycles. The van der Waals surface area contributed by atoms with Gasteiger partial charge in [-0.05, 0) is 48.6 Å². The number of carbonyl (C=O) groups is 2. The second kappa shape index (κ2) is 9.25. The fourth-order valence-electron chi connectivity index (χ4n) is 3.25. The van der Waals surface area contributed by atoms with Crippen molar-refractivity contribution in [1.82, 2.24) is 0 Å². The number of anilines is 2. The monoisotopic (exact) mass is 464 g/mol. The Morgan fingerprint density at radius 3 is 2.06 bits per heavy atom. The number of hydrogen-bond donors (Lipinski definition) is 0. The second-order valence-corrected chi connectivity index (χ2v) is 7.48. The van der Waals surface area contributed by atoms with Gasteiger partial charge in [-0.25, -0.2) is 0 Å². The van der Waals surface area contributed by atoms with Crippen LogP contribution < -0.4 is 14.5 Å². The molecule has 1 fully saturated rings. The van der Waals surface area contributed by atoms with E-state index in [-0.39, 0.29) is 5.11 Å². The van der Waals surface area contributed by atoms with Crippen molar-refractivity contribution in [1.29, 1.82) is 0 Å². The molecule has 0 saturated carbocycles. The molecule has 0 spiro atoms. The molecular formula is C23H17ClN4O3S. The van der Waals surface area contributed by atoms with Crippen LogP contribution >= 0.6 is 23.8 Å². The number of ether oxygens (including phenoxy) is 1. The smallest absolute Gasteiger partial charge is 0.270 e. The molecule has 32 heavy (non-hydrogen) atoms. The minimum Gasteiger partial charge on any atom is -0.495 e. The number of hydrogen-bond acceptors (Lipinski definition) is 6. The zero-order valence-electron chi connectivity index (χ0n) is 16.9. The summed E-state index contributed by atoms with van der Waals surface area (Å²) < 4.78 is 5.41. The quantitative estimate of drug-likeness (QED) is 0.297. The highest BCUT2D eigenvalue weighted by atomic mass is 35.5. The number of methoxy groups -OCH3 is 1. The number of nitrogens with zero attached hydrogens (tertiary/aromatic N) is 4. The first-order valence-corrected chi connectivity index (χ1v) is 10.4. The lowest BCUT2D eigenvalue weighted by atomic mass is 10.1. The lowest BCUT2D eigenvalue weighted by molar-refractivity contribution is -0.128. The Morgan fingerprint density at radius 2 is 1.41 bits per heavy atom. The molecule has 3 aromatic carbocycles. The van der Waals surface area contributed by atoms with Crippen LogP contribution in [0.3, 0.4) is 0 Å². The van der Waals surface area contributed by atoms with E-state index in [4.69, 9.17) is 28.6 Å². The van der Waals surface area contributed by atoms with Crippen molar-refractivity contribution in [3.05, 3.63) is 83.9 Å². The Labute approximate surface area is 194 Å². The first kappa shape index (κ1) is 21.6. The second-order valence-electron chi connectivity index (χ2n) is 6.71. The Kier molecular flexibility index (Phi) is 6.25. The van der Waals surface area contributed by atoms with Gasteiger partial charge in [0.25, 0.3) is 11.8 Å². The van der Waals surface area contributed by atoms with Gasteiger partial charge in [-0.3, -0.25) is 19.4 Å². The molecule has 2 amide bonds. The Morgan fingerprint density at radius 1 is 0.844 bits per heavy atom. The van der Waals surface area contributed by atoms with Crippen LogP contribution in [0.15, 0.2) is 89.1 Å². The van der Waals surface area contributed by atoms with E-state index in [9.17, 15) is 9.59 Å². The van der Waals surface area contributed by atoms with Gasteiger partial charge in [-0.2, -0.15) is 10.2 Å². The lowest BCUT2D eigenvalue weighted by Crippen LogP contribution is -2.62. The third kappa shape index (κ3) is 3.98. The van der Waals surface area contributed by atoms with E-state index in [2.05, 4.69) is 10.2 Å². The summed E-state index contributed by atoms with van der Waals surface area (Å²) >= 11 is 12.0. The predicted molar refractivity (Wildman–Crippen MR) is 127 cm³/mol. The average molecular weight is 465 g/mol. The van der Waals surface area contributed by atoms with E-state index in [1.807, 2.05) is 6.07 Å². The Balaban J connectivity index is 1.84. The Hall–Kier alpha value is -3.62. The van der Waals surface area contributed by atoms with Crippen molar-refractivity contribution in [3.63, 3.8) is 0 Å². The molecule has 1 aliphatic rings. The zero-order chi connectivity index (χ0) is 22.7. The van der Waals surface area contributed by atoms with Crippen LogP contribution in [-0.4, -0.2) is 30.1 Å². The number of carbonyl (C=O) groups excluding carboxylic acids is 2.